The van der Waals surface area contributed by atoms with Gasteiger partial charge in [-0.2, -0.15) is 5.26 Å². The lowest BCUT2D eigenvalue weighted by molar-refractivity contribution is -0.00887. The summed E-state index contributed by atoms with van der Waals surface area (Å²) < 4.78 is 0. The fourth-order valence-corrected chi connectivity index (χ4v) is 3.11. The van der Waals surface area contributed by atoms with E-state index in [4.69, 9.17) is 5.26 Å². The van der Waals surface area contributed by atoms with Crippen molar-refractivity contribution in [2.45, 2.75) is 40.0 Å². The molecule has 0 radical (unpaired) electrons. The lowest BCUT2D eigenvalue weighted by Crippen LogP contribution is -2.48. The lowest BCUT2D eigenvalue weighted by atomic mass is 9.48. The van der Waals surface area contributed by atoms with E-state index in [9.17, 15) is 0 Å². The molecule has 3 aliphatic rings. The van der Waals surface area contributed by atoms with Crippen LogP contribution < -0.4 is 0 Å². The maximum Gasteiger partial charge on any atom is 0.0656 e. The van der Waals surface area contributed by atoms with Gasteiger partial charge in [0.2, 0.25) is 0 Å². The van der Waals surface area contributed by atoms with E-state index in [1.165, 1.54) is 12.8 Å². The molecule has 2 bridgehead atoms. The van der Waals surface area contributed by atoms with Crippen LogP contribution in [0.4, 0.5) is 0 Å². The molecule has 0 spiro atoms. The van der Waals surface area contributed by atoms with Gasteiger partial charge in [-0.1, -0.05) is 25.5 Å². The Balaban J connectivity index is 2.08. The highest BCUT2D eigenvalue weighted by atomic mass is 14.5. The molecular weight excluding hydrogens is 170 g/mol. The summed E-state index contributed by atoms with van der Waals surface area (Å²) in [7, 11) is 0. The average Bonchev–Trinajstić information content (AvgIpc) is 2.17. The Morgan fingerprint density at radius 1 is 1.64 bits per heavy atom. The van der Waals surface area contributed by atoms with Crippen molar-refractivity contribution < 1.29 is 0 Å². The Morgan fingerprint density at radius 3 is 2.86 bits per heavy atom. The first-order valence-electron chi connectivity index (χ1n) is 5.64. The van der Waals surface area contributed by atoms with Gasteiger partial charge in [-0.25, -0.2) is 0 Å². The van der Waals surface area contributed by atoms with Crippen molar-refractivity contribution in [3.8, 4) is 6.07 Å². The molecule has 0 aromatic rings. The fourth-order valence-electron chi connectivity index (χ4n) is 3.11. The van der Waals surface area contributed by atoms with E-state index >= 15 is 0 Å². The Morgan fingerprint density at radius 2 is 2.36 bits per heavy atom. The minimum Gasteiger partial charge on any atom is -0.198 e. The minimum atomic E-state index is 0.189. The maximum absolute atomic E-state index is 8.82. The van der Waals surface area contributed by atoms with E-state index < -0.39 is 0 Å². The van der Waals surface area contributed by atoms with Gasteiger partial charge >= 0.3 is 0 Å². The number of hydrogen-bond donors (Lipinski definition) is 0. The fraction of sp³-hybridized carbons (Fsp3) is 0.769. The molecule has 14 heavy (non-hydrogen) atoms. The molecule has 3 aliphatic carbocycles. The van der Waals surface area contributed by atoms with Gasteiger partial charge < -0.3 is 0 Å². The second-order valence-corrected chi connectivity index (χ2v) is 5.56. The van der Waals surface area contributed by atoms with Crippen LogP contribution >= 0.6 is 0 Å². The summed E-state index contributed by atoms with van der Waals surface area (Å²) in [6, 6.07) is 2.34. The molecule has 0 aromatic carbocycles. The van der Waals surface area contributed by atoms with Crippen LogP contribution in [0.1, 0.15) is 40.0 Å². The first-order chi connectivity index (χ1) is 6.55. The van der Waals surface area contributed by atoms with Crippen LogP contribution in [0.2, 0.25) is 0 Å². The Bertz CT molecular complexity index is 306. The first kappa shape index (κ1) is 9.77. The zero-order chi connectivity index (χ0) is 10.3. The van der Waals surface area contributed by atoms with Crippen LogP contribution in [-0.4, -0.2) is 0 Å². The topological polar surface area (TPSA) is 23.8 Å². The molecule has 0 amide bonds. The zero-order valence-corrected chi connectivity index (χ0v) is 9.38. The molecule has 1 nitrogen and oxygen atoms in total. The van der Waals surface area contributed by atoms with Crippen molar-refractivity contribution in [2.24, 2.45) is 23.2 Å². The second-order valence-electron chi connectivity index (χ2n) is 5.56. The quantitative estimate of drug-likeness (QED) is 0.610. The second kappa shape index (κ2) is 3.12. The molecule has 3 rings (SSSR count). The van der Waals surface area contributed by atoms with Crippen molar-refractivity contribution in [3.63, 3.8) is 0 Å². The number of fused-ring (bicyclic) bond motifs is 1. The van der Waals surface area contributed by atoms with Crippen LogP contribution in [0, 0.1) is 34.5 Å². The predicted molar refractivity (Wildman–Crippen MR) is 57.5 cm³/mol. The molecule has 0 unspecified atom stereocenters. The van der Waals surface area contributed by atoms with Gasteiger partial charge in [-0.3, -0.25) is 0 Å². The average molecular weight is 189 g/mol. The number of rotatable bonds is 2. The van der Waals surface area contributed by atoms with Gasteiger partial charge in [0.05, 0.1) is 6.07 Å². The van der Waals surface area contributed by atoms with Crippen molar-refractivity contribution in [3.05, 3.63) is 11.6 Å². The predicted octanol–water partition coefficient (Wildman–Crippen LogP) is 3.53. The molecule has 1 heteroatoms. The summed E-state index contributed by atoms with van der Waals surface area (Å²) >= 11 is 0. The van der Waals surface area contributed by atoms with Crippen LogP contribution in [0.25, 0.3) is 0 Å². The molecule has 0 N–H and O–H groups in total. The summed E-state index contributed by atoms with van der Waals surface area (Å²) in [5.74, 6) is 1.87. The molecular formula is C13H19N. The van der Waals surface area contributed by atoms with Crippen molar-refractivity contribution in [2.75, 3.05) is 0 Å². The molecule has 0 saturated heterocycles. The van der Waals surface area contributed by atoms with Crippen LogP contribution in [0.3, 0.4) is 0 Å². The summed E-state index contributed by atoms with van der Waals surface area (Å²) in [5, 5.41) is 8.82. The number of hydrogen-bond acceptors (Lipinski definition) is 1. The summed E-state index contributed by atoms with van der Waals surface area (Å²) in [6.07, 6.45) is 6.02. The summed E-state index contributed by atoms with van der Waals surface area (Å²) in [5.41, 5.74) is 2.07. The molecule has 1 saturated carbocycles. The van der Waals surface area contributed by atoms with Gasteiger partial charge in [-0.05, 0) is 43.4 Å². The van der Waals surface area contributed by atoms with Crippen molar-refractivity contribution >= 4 is 0 Å². The van der Waals surface area contributed by atoms with Crippen LogP contribution in [-0.2, 0) is 0 Å². The minimum absolute atomic E-state index is 0.189. The van der Waals surface area contributed by atoms with Gasteiger partial charge in [0.15, 0.2) is 0 Å². The van der Waals surface area contributed by atoms with Gasteiger partial charge in [0.1, 0.15) is 0 Å². The first-order valence-corrected chi connectivity index (χ1v) is 5.64. The zero-order valence-electron chi connectivity index (χ0n) is 9.38. The highest BCUT2D eigenvalue weighted by Gasteiger charge is 2.50. The molecule has 76 valence electrons. The van der Waals surface area contributed by atoms with Gasteiger partial charge in [-0.15, -0.1) is 0 Å². The standard InChI is InChI=1S/C13H19N/c1-9(8-14)6-10-4-5-11-7-12(10)13(11,2)3/h4,9,11-12H,5-7H2,1-3H3/t9-,11+,12+/m1/s1. The third-order valence-electron chi connectivity index (χ3n) is 4.34. The third kappa shape index (κ3) is 1.29. The van der Waals surface area contributed by atoms with E-state index in [-0.39, 0.29) is 5.92 Å². The maximum atomic E-state index is 8.82. The van der Waals surface area contributed by atoms with Gasteiger partial charge in [0, 0.05) is 5.92 Å². The SMILES string of the molecule is C[C@@H](C#N)CC1=CC[C@H]2C[C@@H]1C2(C)C. The largest absolute Gasteiger partial charge is 0.198 e. The molecule has 0 aliphatic heterocycles. The monoisotopic (exact) mass is 189 g/mol. The van der Waals surface area contributed by atoms with Gasteiger partial charge in [0.25, 0.3) is 0 Å². The molecule has 0 heterocycles. The number of allylic oxidation sites excluding steroid dienone is 2. The normalized spacial score (nSPS) is 35.1. The highest BCUT2D eigenvalue weighted by Crippen LogP contribution is 2.60. The molecule has 3 atom stereocenters. The Kier molecular flexibility index (Phi) is 2.18. The molecule has 0 aromatic heterocycles. The van der Waals surface area contributed by atoms with E-state index in [1.807, 2.05) is 6.92 Å². The Labute approximate surface area is 86.8 Å². The number of nitriles is 1. The smallest absolute Gasteiger partial charge is 0.0656 e. The Hall–Kier alpha value is -0.770. The van der Waals surface area contributed by atoms with E-state index in [0.717, 1.165) is 18.3 Å². The van der Waals surface area contributed by atoms with E-state index in [2.05, 4.69) is 26.0 Å². The van der Waals surface area contributed by atoms with Crippen LogP contribution in [0.5, 0.6) is 0 Å². The summed E-state index contributed by atoms with van der Waals surface area (Å²) in [6.45, 7) is 6.80. The van der Waals surface area contributed by atoms with Crippen molar-refractivity contribution in [1.29, 1.82) is 5.26 Å². The third-order valence-corrected chi connectivity index (χ3v) is 4.34. The van der Waals surface area contributed by atoms with E-state index in [0.29, 0.717) is 5.41 Å². The van der Waals surface area contributed by atoms with E-state index in [1.54, 1.807) is 5.57 Å². The van der Waals surface area contributed by atoms with Crippen LogP contribution in [0.15, 0.2) is 11.6 Å². The lowest BCUT2D eigenvalue weighted by Gasteiger charge is -2.56. The molecule has 1 fully saturated rings. The number of nitrogens with zero attached hydrogens (tertiary/aromatic N) is 1. The van der Waals surface area contributed by atoms with Crippen molar-refractivity contribution in [1.82, 2.24) is 0 Å². The summed E-state index contributed by atoms with van der Waals surface area (Å²) in [4.78, 5) is 0. The highest BCUT2D eigenvalue weighted by molar-refractivity contribution is 5.24.